The number of carbonyl (C=O) groups excluding carboxylic acids is 1. The number of nitrogens with zero attached hydrogens (tertiary/aromatic N) is 5. The summed E-state index contributed by atoms with van der Waals surface area (Å²) in [5.74, 6) is -0.233. The second kappa shape index (κ2) is 8.24. The fraction of sp³-hybridized carbons (Fsp3) is 0.391. The maximum atomic E-state index is 15.2. The summed E-state index contributed by atoms with van der Waals surface area (Å²) in [5, 5.41) is 24.7. The van der Waals surface area contributed by atoms with Crippen LogP contribution in [-0.4, -0.2) is 61.0 Å². The van der Waals surface area contributed by atoms with Gasteiger partial charge in [0.05, 0.1) is 41.7 Å². The van der Waals surface area contributed by atoms with Crippen LogP contribution in [0.2, 0.25) is 0 Å². The molecule has 0 atom stereocenters. The third kappa shape index (κ3) is 3.81. The van der Waals surface area contributed by atoms with E-state index in [4.69, 9.17) is 4.74 Å². The summed E-state index contributed by atoms with van der Waals surface area (Å²) in [6, 6.07) is 3.52. The molecule has 0 spiro atoms. The lowest BCUT2D eigenvalue weighted by atomic mass is 9.84. The summed E-state index contributed by atoms with van der Waals surface area (Å²) >= 11 is 0. The number of halogens is 1. The number of pyridine rings is 1. The molecule has 0 saturated heterocycles. The van der Waals surface area contributed by atoms with Gasteiger partial charge >= 0.3 is 0 Å². The lowest BCUT2D eigenvalue weighted by Gasteiger charge is -2.33. The van der Waals surface area contributed by atoms with Crippen LogP contribution in [0.25, 0.3) is 22.2 Å². The lowest BCUT2D eigenvalue weighted by Crippen LogP contribution is -2.36. The zero-order valence-electron chi connectivity index (χ0n) is 19.2. The molecule has 4 heterocycles. The molecule has 10 nitrogen and oxygen atoms in total. The van der Waals surface area contributed by atoms with E-state index in [0.29, 0.717) is 41.0 Å². The van der Waals surface area contributed by atoms with Gasteiger partial charge in [-0.1, -0.05) is 0 Å². The monoisotopic (exact) mass is 467 g/mol. The molecule has 5 rings (SSSR count). The summed E-state index contributed by atoms with van der Waals surface area (Å²) < 4.78 is 23.7. The predicted octanol–water partition coefficient (Wildman–Crippen LogP) is 2.66. The molecule has 0 bridgehead atoms. The summed E-state index contributed by atoms with van der Waals surface area (Å²) in [7, 11) is 3.02. The fourth-order valence-electron chi connectivity index (χ4n) is 4.51. The minimum atomic E-state index is -0.645. The number of ether oxygens (including phenoxy) is 1. The molecule has 3 N–H and O–H groups in total. The van der Waals surface area contributed by atoms with Crippen molar-refractivity contribution in [2.75, 3.05) is 19.5 Å². The van der Waals surface area contributed by atoms with Crippen molar-refractivity contribution >= 4 is 22.9 Å². The Morgan fingerprint density at radius 3 is 2.79 bits per heavy atom. The van der Waals surface area contributed by atoms with E-state index in [1.165, 1.54) is 24.0 Å². The fourth-order valence-corrected chi connectivity index (χ4v) is 4.51. The molecule has 1 aliphatic rings. The molecule has 178 valence electrons. The maximum absolute atomic E-state index is 15.2. The van der Waals surface area contributed by atoms with Gasteiger partial charge in [0, 0.05) is 19.3 Å². The number of aromatic nitrogens is 5. The standard InChI is InChI=1S/C23H26FN7O3/c1-23(33)7-4-14(5-8-23)27-22-28-21(34-3)19-18(16(24)12-31(19)29-22)13-6-9-30-17(10-13)15(11-26-30)20(32)25-2/h6,9-12,14,33H,4-5,7-8H2,1-3H3,(H,25,32)(H,27,29). The number of methoxy groups -OCH3 is 1. The van der Waals surface area contributed by atoms with Gasteiger partial charge in [-0.05, 0) is 50.3 Å². The first-order valence-corrected chi connectivity index (χ1v) is 11.1. The van der Waals surface area contributed by atoms with E-state index in [1.54, 1.807) is 29.9 Å². The van der Waals surface area contributed by atoms with Gasteiger partial charge in [0.1, 0.15) is 5.52 Å². The molecule has 11 heteroatoms. The third-order valence-electron chi connectivity index (χ3n) is 6.42. The van der Waals surface area contributed by atoms with Crippen LogP contribution in [0.5, 0.6) is 5.88 Å². The average Bonchev–Trinajstić information content (AvgIpc) is 3.39. The van der Waals surface area contributed by atoms with Crippen molar-refractivity contribution in [2.24, 2.45) is 0 Å². The second-order valence-electron chi connectivity index (χ2n) is 8.89. The molecule has 4 aromatic heterocycles. The van der Waals surface area contributed by atoms with Gasteiger partial charge < -0.3 is 20.5 Å². The van der Waals surface area contributed by atoms with Crippen molar-refractivity contribution in [2.45, 2.75) is 44.2 Å². The summed E-state index contributed by atoms with van der Waals surface area (Å²) in [6.07, 6.45) is 7.34. The largest absolute Gasteiger partial charge is 0.479 e. The quantitative estimate of drug-likeness (QED) is 0.413. The van der Waals surface area contributed by atoms with E-state index in [2.05, 4.69) is 25.8 Å². The number of nitrogens with one attached hydrogen (secondary N) is 2. The number of fused-ring (bicyclic) bond motifs is 2. The van der Waals surface area contributed by atoms with E-state index in [9.17, 15) is 9.90 Å². The Hall–Kier alpha value is -3.73. The molecule has 1 saturated carbocycles. The van der Waals surface area contributed by atoms with Gasteiger partial charge in [-0.3, -0.25) is 4.79 Å². The predicted molar refractivity (Wildman–Crippen MR) is 124 cm³/mol. The van der Waals surface area contributed by atoms with Crippen molar-refractivity contribution in [1.29, 1.82) is 0 Å². The molecule has 1 amide bonds. The molecule has 0 unspecified atom stereocenters. The van der Waals surface area contributed by atoms with Crippen molar-refractivity contribution in [3.63, 3.8) is 0 Å². The van der Waals surface area contributed by atoms with E-state index < -0.39 is 11.4 Å². The van der Waals surface area contributed by atoms with Gasteiger partial charge in [-0.15, -0.1) is 5.10 Å². The van der Waals surface area contributed by atoms with Crippen LogP contribution in [0, 0.1) is 5.82 Å². The lowest BCUT2D eigenvalue weighted by molar-refractivity contribution is 0.0195. The molecular formula is C23H26FN7O3. The Kier molecular flexibility index (Phi) is 5.35. The van der Waals surface area contributed by atoms with Crippen LogP contribution in [0.4, 0.5) is 10.3 Å². The first kappa shape index (κ1) is 22.1. The van der Waals surface area contributed by atoms with Crippen molar-refractivity contribution in [3.8, 4) is 17.0 Å². The van der Waals surface area contributed by atoms with Crippen LogP contribution < -0.4 is 15.4 Å². The van der Waals surface area contributed by atoms with Gasteiger partial charge in [0.2, 0.25) is 11.8 Å². The number of amides is 1. The van der Waals surface area contributed by atoms with Crippen LogP contribution >= 0.6 is 0 Å². The Balaban J connectivity index is 1.55. The Bertz CT molecular complexity index is 1380. The minimum Gasteiger partial charge on any atom is -0.479 e. The Labute approximate surface area is 194 Å². The summed E-state index contributed by atoms with van der Waals surface area (Å²) in [5.41, 5.74) is 1.46. The number of aliphatic hydroxyl groups is 1. The highest BCUT2D eigenvalue weighted by Crippen LogP contribution is 2.35. The first-order valence-electron chi connectivity index (χ1n) is 11.1. The molecule has 34 heavy (non-hydrogen) atoms. The minimum absolute atomic E-state index is 0.106. The molecule has 1 aliphatic carbocycles. The van der Waals surface area contributed by atoms with E-state index in [1.807, 2.05) is 6.92 Å². The number of carbonyl (C=O) groups is 1. The van der Waals surface area contributed by atoms with Gasteiger partial charge in [0.15, 0.2) is 5.82 Å². The molecule has 0 radical (unpaired) electrons. The van der Waals surface area contributed by atoms with Gasteiger partial charge in [0.25, 0.3) is 5.91 Å². The second-order valence-corrected chi connectivity index (χ2v) is 8.89. The molecular weight excluding hydrogens is 441 g/mol. The molecule has 0 aromatic carbocycles. The highest BCUT2D eigenvalue weighted by atomic mass is 19.1. The number of hydrogen-bond donors (Lipinski definition) is 3. The van der Waals surface area contributed by atoms with Crippen molar-refractivity contribution in [3.05, 3.63) is 42.1 Å². The maximum Gasteiger partial charge on any atom is 0.254 e. The molecule has 1 fully saturated rings. The van der Waals surface area contributed by atoms with Crippen LogP contribution in [0.15, 0.2) is 30.7 Å². The summed E-state index contributed by atoms with van der Waals surface area (Å²) in [4.78, 5) is 16.7. The molecule has 4 aromatic rings. The number of hydrogen-bond acceptors (Lipinski definition) is 7. The SMILES string of the molecule is CNC(=O)c1cnn2ccc(-c3c(F)cn4nc(NC5CCC(C)(O)CC5)nc(OC)c34)cc12. The van der Waals surface area contributed by atoms with Crippen LogP contribution in [0.1, 0.15) is 43.0 Å². The van der Waals surface area contributed by atoms with Crippen molar-refractivity contribution in [1.82, 2.24) is 29.5 Å². The van der Waals surface area contributed by atoms with Gasteiger partial charge in [-0.2, -0.15) is 10.1 Å². The number of rotatable bonds is 5. The average molecular weight is 468 g/mol. The highest BCUT2D eigenvalue weighted by molar-refractivity contribution is 6.01. The normalized spacial score (nSPS) is 20.6. The zero-order valence-corrected chi connectivity index (χ0v) is 19.2. The topological polar surface area (TPSA) is 118 Å². The first-order chi connectivity index (χ1) is 16.3. The zero-order chi connectivity index (χ0) is 24.0. The van der Waals surface area contributed by atoms with E-state index >= 15 is 4.39 Å². The number of anilines is 1. The van der Waals surface area contributed by atoms with E-state index in [0.717, 1.165) is 12.8 Å². The molecule has 0 aliphatic heterocycles. The van der Waals surface area contributed by atoms with Crippen LogP contribution in [-0.2, 0) is 0 Å². The van der Waals surface area contributed by atoms with Crippen molar-refractivity contribution < 1.29 is 19.0 Å². The Morgan fingerprint density at radius 1 is 1.32 bits per heavy atom. The summed E-state index contributed by atoms with van der Waals surface area (Å²) in [6.45, 7) is 1.85. The Morgan fingerprint density at radius 2 is 2.09 bits per heavy atom. The van der Waals surface area contributed by atoms with Gasteiger partial charge in [-0.25, -0.2) is 13.4 Å². The smallest absolute Gasteiger partial charge is 0.254 e. The van der Waals surface area contributed by atoms with Crippen LogP contribution in [0.3, 0.4) is 0 Å². The van der Waals surface area contributed by atoms with E-state index in [-0.39, 0.29) is 23.4 Å². The third-order valence-corrected chi connectivity index (χ3v) is 6.42. The highest BCUT2D eigenvalue weighted by Gasteiger charge is 2.29.